The fraction of sp³-hybridized carbons (Fsp3) is 0.600. The van der Waals surface area contributed by atoms with E-state index in [4.69, 9.17) is 11.6 Å². The molecule has 0 radical (unpaired) electrons. The fourth-order valence-electron chi connectivity index (χ4n) is 3.32. The lowest BCUT2D eigenvalue weighted by molar-refractivity contribution is -0.385. The molecule has 0 aliphatic carbocycles. The van der Waals surface area contributed by atoms with E-state index in [2.05, 4.69) is 15.1 Å². The zero-order valence-electron chi connectivity index (χ0n) is 12.9. The molecule has 8 heteroatoms. The molecule has 0 amide bonds. The molecule has 2 saturated heterocycles. The van der Waals surface area contributed by atoms with Gasteiger partial charge in [-0.2, -0.15) is 0 Å². The quantitative estimate of drug-likeness (QED) is 0.658. The van der Waals surface area contributed by atoms with Crippen LogP contribution in [-0.4, -0.2) is 60.0 Å². The molecule has 1 aromatic carbocycles. The van der Waals surface area contributed by atoms with E-state index in [1.54, 1.807) is 12.1 Å². The van der Waals surface area contributed by atoms with E-state index in [1.807, 2.05) is 0 Å². The second-order valence-electron chi connectivity index (χ2n) is 5.99. The summed E-state index contributed by atoms with van der Waals surface area (Å²) in [5.41, 5.74) is 0.861. The summed E-state index contributed by atoms with van der Waals surface area (Å²) in [5, 5.41) is 15.0. The molecular formula is C15H22Cl2N4O2. The average Bonchev–Trinajstić information content (AvgIpc) is 3.04. The van der Waals surface area contributed by atoms with Gasteiger partial charge in [0.2, 0.25) is 0 Å². The molecule has 0 spiro atoms. The Balaban J connectivity index is 0.00000192. The zero-order valence-corrected chi connectivity index (χ0v) is 14.5. The molecule has 0 saturated carbocycles. The number of hydrogen-bond acceptors (Lipinski definition) is 5. The van der Waals surface area contributed by atoms with Gasteiger partial charge in [-0.05, 0) is 25.1 Å². The van der Waals surface area contributed by atoms with E-state index in [9.17, 15) is 10.1 Å². The molecule has 2 aliphatic heterocycles. The highest BCUT2D eigenvalue weighted by Crippen LogP contribution is 2.25. The molecule has 2 heterocycles. The summed E-state index contributed by atoms with van der Waals surface area (Å²) in [6.45, 7) is 6.79. The van der Waals surface area contributed by atoms with Gasteiger partial charge in [-0.1, -0.05) is 11.6 Å². The molecule has 2 fully saturated rings. The summed E-state index contributed by atoms with van der Waals surface area (Å²) in [5.74, 6) is 0. The second-order valence-corrected chi connectivity index (χ2v) is 6.43. The van der Waals surface area contributed by atoms with Crippen LogP contribution in [0.5, 0.6) is 0 Å². The van der Waals surface area contributed by atoms with Crippen molar-refractivity contribution in [2.75, 3.05) is 39.3 Å². The van der Waals surface area contributed by atoms with E-state index in [0.29, 0.717) is 17.6 Å². The lowest BCUT2D eigenvalue weighted by Crippen LogP contribution is -2.50. The topological polar surface area (TPSA) is 61.7 Å². The maximum absolute atomic E-state index is 11.2. The lowest BCUT2D eigenvalue weighted by Gasteiger charge is -2.37. The van der Waals surface area contributed by atoms with Crippen molar-refractivity contribution in [2.45, 2.75) is 19.0 Å². The van der Waals surface area contributed by atoms with Crippen LogP contribution in [0.15, 0.2) is 18.2 Å². The molecule has 6 nitrogen and oxygen atoms in total. The Morgan fingerprint density at radius 1 is 1.30 bits per heavy atom. The molecule has 23 heavy (non-hydrogen) atoms. The molecular weight excluding hydrogens is 339 g/mol. The first-order chi connectivity index (χ1) is 10.6. The van der Waals surface area contributed by atoms with Crippen molar-refractivity contribution in [3.05, 3.63) is 38.9 Å². The van der Waals surface area contributed by atoms with Gasteiger partial charge in [0.15, 0.2) is 0 Å². The predicted octanol–water partition coefficient (Wildman–Crippen LogP) is 2.15. The highest BCUT2D eigenvalue weighted by atomic mass is 35.5. The van der Waals surface area contributed by atoms with Crippen molar-refractivity contribution < 1.29 is 4.92 Å². The highest BCUT2D eigenvalue weighted by molar-refractivity contribution is 6.30. The number of hydrogen-bond donors (Lipinski definition) is 1. The highest BCUT2D eigenvalue weighted by Gasteiger charge is 2.26. The summed E-state index contributed by atoms with van der Waals surface area (Å²) < 4.78 is 0. The molecule has 1 atom stereocenters. The van der Waals surface area contributed by atoms with Gasteiger partial charge in [0.1, 0.15) is 0 Å². The number of halogens is 2. The molecule has 0 bridgehead atoms. The van der Waals surface area contributed by atoms with Crippen LogP contribution < -0.4 is 5.32 Å². The third-order valence-electron chi connectivity index (χ3n) is 4.60. The normalized spacial score (nSPS) is 22.7. The largest absolute Gasteiger partial charge is 0.315 e. The summed E-state index contributed by atoms with van der Waals surface area (Å²) in [6.07, 6.45) is 1.22. The van der Waals surface area contributed by atoms with Crippen molar-refractivity contribution in [1.29, 1.82) is 0 Å². The van der Waals surface area contributed by atoms with Crippen LogP contribution in [0.3, 0.4) is 0 Å². The number of nitrogens with one attached hydrogen (secondary N) is 1. The summed E-state index contributed by atoms with van der Waals surface area (Å²) in [6, 6.07) is 5.60. The maximum Gasteiger partial charge on any atom is 0.275 e. The molecule has 1 unspecified atom stereocenters. The van der Waals surface area contributed by atoms with Crippen LogP contribution in [0.4, 0.5) is 5.69 Å². The first-order valence-electron chi connectivity index (χ1n) is 7.73. The van der Waals surface area contributed by atoms with E-state index in [0.717, 1.165) is 44.8 Å². The van der Waals surface area contributed by atoms with Crippen LogP contribution >= 0.6 is 24.0 Å². The van der Waals surface area contributed by atoms with Gasteiger partial charge in [0.05, 0.1) is 4.92 Å². The Morgan fingerprint density at radius 3 is 2.65 bits per heavy atom. The van der Waals surface area contributed by atoms with Crippen molar-refractivity contribution in [1.82, 2.24) is 15.1 Å². The van der Waals surface area contributed by atoms with Crippen molar-refractivity contribution in [3.8, 4) is 0 Å². The van der Waals surface area contributed by atoms with Gasteiger partial charge < -0.3 is 5.32 Å². The summed E-state index contributed by atoms with van der Waals surface area (Å²) in [4.78, 5) is 15.6. The van der Waals surface area contributed by atoms with Gasteiger partial charge in [0, 0.05) is 62.0 Å². The average molecular weight is 361 g/mol. The van der Waals surface area contributed by atoms with E-state index in [1.165, 1.54) is 12.5 Å². The minimum absolute atomic E-state index is 0. The molecule has 128 valence electrons. The van der Waals surface area contributed by atoms with Crippen molar-refractivity contribution in [2.24, 2.45) is 0 Å². The molecule has 3 rings (SSSR count). The number of nitro benzene ring substituents is 1. The van der Waals surface area contributed by atoms with Crippen LogP contribution in [0.2, 0.25) is 5.02 Å². The number of nitro groups is 1. The van der Waals surface area contributed by atoms with E-state index in [-0.39, 0.29) is 23.0 Å². The number of nitrogens with zero attached hydrogens (tertiary/aromatic N) is 3. The fourth-order valence-corrected chi connectivity index (χ4v) is 3.49. The van der Waals surface area contributed by atoms with Gasteiger partial charge in [-0.25, -0.2) is 0 Å². The molecule has 1 N–H and O–H groups in total. The SMILES string of the molecule is Cl.O=[N+]([O-])c1cc(Cl)ccc1CN1CCN(C2CCNC2)CC1. The number of rotatable bonds is 4. The third-order valence-corrected chi connectivity index (χ3v) is 4.83. The molecule has 0 aromatic heterocycles. The van der Waals surface area contributed by atoms with E-state index < -0.39 is 0 Å². The van der Waals surface area contributed by atoms with Crippen LogP contribution in [0.25, 0.3) is 0 Å². The smallest absolute Gasteiger partial charge is 0.275 e. The van der Waals surface area contributed by atoms with Crippen LogP contribution in [0.1, 0.15) is 12.0 Å². The van der Waals surface area contributed by atoms with Crippen molar-refractivity contribution in [3.63, 3.8) is 0 Å². The van der Waals surface area contributed by atoms with Gasteiger partial charge in [0.25, 0.3) is 5.69 Å². The minimum Gasteiger partial charge on any atom is -0.315 e. The zero-order chi connectivity index (χ0) is 15.5. The maximum atomic E-state index is 11.2. The van der Waals surface area contributed by atoms with Gasteiger partial charge in [-0.15, -0.1) is 12.4 Å². The monoisotopic (exact) mass is 360 g/mol. The van der Waals surface area contributed by atoms with E-state index >= 15 is 0 Å². The summed E-state index contributed by atoms with van der Waals surface area (Å²) >= 11 is 5.86. The Morgan fingerprint density at radius 2 is 2.04 bits per heavy atom. The minimum atomic E-state index is -0.346. The number of piperazine rings is 1. The Labute approximate surface area is 147 Å². The Kier molecular flexibility index (Phi) is 6.61. The van der Waals surface area contributed by atoms with Crippen molar-refractivity contribution >= 4 is 29.7 Å². The summed E-state index contributed by atoms with van der Waals surface area (Å²) in [7, 11) is 0. The first-order valence-corrected chi connectivity index (χ1v) is 8.11. The Hall–Kier alpha value is -0.920. The van der Waals surface area contributed by atoms with Gasteiger partial charge >= 0.3 is 0 Å². The Bertz CT molecular complexity index is 544. The lowest BCUT2D eigenvalue weighted by atomic mass is 10.1. The first kappa shape index (κ1) is 18.4. The standard InChI is InChI=1S/C15H21ClN4O2.ClH/c16-13-2-1-12(15(9-13)20(21)22)11-18-5-7-19(8-6-18)14-3-4-17-10-14;/h1-2,9,14,17H,3-8,10-11H2;1H. The predicted molar refractivity (Wildman–Crippen MR) is 93.5 cm³/mol. The van der Waals surface area contributed by atoms with Crippen LogP contribution in [0, 0.1) is 10.1 Å². The van der Waals surface area contributed by atoms with Gasteiger partial charge in [-0.3, -0.25) is 19.9 Å². The number of benzene rings is 1. The molecule has 2 aliphatic rings. The third kappa shape index (κ3) is 4.55. The second kappa shape index (κ2) is 8.26. The molecule has 1 aromatic rings. The van der Waals surface area contributed by atoms with Crippen LogP contribution in [-0.2, 0) is 6.54 Å².